The Morgan fingerprint density at radius 3 is 3.12 bits per heavy atom. The van der Waals surface area contributed by atoms with Crippen molar-refractivity contribution < 1.29 is 9.15 Å². The molecule has 0 aliphatic heterocycles. The molecule has 0 saturated carbocycles. The van der Waals surface area contributed by atoms with Gasteiger partial charge in [0, 0.05) is 17.0 Å². The molecule has 0 bridgehead atoms. The highest BCUT2D eigenvalue weighted by Gasteiger charge is 2.10. The van der Waals surface area contributed by atoms with Crippen LogP contribution >= 0.6 is 11.5 Å². The van der Waals surface area contributed by atoms with Gasteiger partial charge in [-0.2, -0.15) is 4.37 Å². The van der Waals surface area contributed by atoms with Crippen molar-refractivity contribution in [3.8, 4) is 5.88 Å². The summed E-state index contributed by atoms with van der Waals surface area (Å²) in [4.78, 5) is 1.16. The van der Waals surface area contributed by atoms with Crippen molar-refractivity contribution in [2.45, 2.75) is 19.5 Å². The number of nitrogens with zero attached hydrogens (tertiary/aromatic N) is 1. The molecule has 2 rings (SSSR count). The molecule has 4 nitrogen and oxygen atoms in total. The molecule has 1 atom stereocenters. The fourth-order valence-corrected chi connectivity index (χ4v) is 2.06. The molecule has 2 aromatic heterocycles. The maximum Gasteiger partial charge on any atom is 0.225 e. The van der Waals surface area contributed by atoms with Crippen LogP contribution in [0.25, 0.3) is 0 Å². The summed E-state index contributed by atoms with van der Waals surface area (Å²) in [5.74, 6) is 1.61. The summed E-state index contributed by atoms with van der Waals surface area (Å²) in [6, 6.07) is 6.03. The minimum atomic E-state index is 0.242. The van der Waals surface area contributed by atoms with E-state index in [2.05, 4.69) is 16.6 Å². The van der Waals surface area contributed by atoms with E-state index in [0.717, 1.165) is 10.6 Å². The number of methoxy groups -OCH3 is 1. The first-order chi connectivity index (χ1) is 7.79. The zero-order valence-electron chi connectivity index (χ0n) is 9.27. The van der Waals surface area contributed by atoms with Gasteiger partial charge >= 0.3 is 0 Å². The molecule has 0 radical (unpaired) electrons. The van der Waals surface area contributed by atoms with Crippen molar-refractivity contribution in [2.75, 3.05) is 7.11 Å². The van der Waals surface area contributed by atoms with E-state index in [9.17, 15) is 0 Å². The third-order valence-corrected chi connectivity index (χ3v) is 3.26. The number of rotatable bonds is 5. The second kappa shape index (κ2) is 5.14. The normalized spacial score (nSPS) is 12.6. The minimum absolute atomic E-state index is 0.242. The Bertz CT molecular complexity index is 425. The van der Waals surface area contributed by atoms with E-state index in [1.165, 1.54) is 11.5 Å². The van der Waals surface area contributed by atoms with Crippen LogP contribution in [0.15, 0.2) is 28.9 Å². The van der Waals surface area contributed by atoms with E-state index in [4.69, 9.17) is 9.15 Å². The molecule has 2 heterocycles. The number of ether oxygens (including phenoxy) is 1. The van der Waals surface area contributed by atoms with E-state index >= 15 is 0 Å². The smallest absolute Gasteiger partial charge is 0.225 e. The van der Waals surface area contributed by atoms with E-state index in [-0.39, 0.29) is 6.04 Å². The first-order valence-electron chi connectivity index (χ1n) is 5.06. The fourth-order valence-electron chi connectivity index (χ4n) is 1.34. The lowest BCUT2D eigenvalue weighted by molar-refractivity contribution is 0.402. The summed E-state index contributed by atoms with van der Waals surface area (Å²) >= 11 is 1.45. The van der Waals surface area contributed by atoms with Gasteiger partial charge in [-0.3, -0.25) is 0 Å². The second-order valence-electron chi connectivity index (χ2n) is 3.45. The average molecular weight is 238 g/mol. The van der Waals surface area contributed by atoms with Crippen LogP contribution in [-0.4, -0.2) is 11.5 Å². The van der Waals surface area contributed by atoms with Crippen LogP contribution in [0.3, 0.4) is 0 Å². The predicted molar refractivity (Wildman–Crippen MR) is 62.6 cm³/mol. The van der Waals surface area contributed by atoms with Gasteiger partial charge < -0.3 is 14.5 Å². The van der Waals surface area contributed by atoms with E-state index in [0.29, 0.717) is 12.4 Å². The van der Waals surface area contributed by atoms with Crippen molar-refractivity contribution in [2.24, 2.45) is 0 Å². The molecule has 1 unspecified atom stereocenters. The lowest BCUT2D eigenvalue weighted by Crippen LogP contribution is -2.16. The Kier molecular flexibility index (Phi) is 3.58. The van der Waals surface area contributed by atoms with E-state index in [1.54, 1.807) is 13.4 Å². The Morgan fingerprint density at radius 1 is 1.62 bits per heavy atom. The number of hydrogen-bond donors (Lipinski definition) is 1. The van der Waals surface area contributed by atoms with Gasteiger partial charge in [0.05, 0.1) is 19.9 Å². The van der Waals surface area contributed by atoms with Crippen LogP contribution in [0.2, 0.25) is 0 Å². The summed E-state index contributed by atoms with van der Waals surface area (Å²) in [5, 5.41) is 3.36. The lowest BCUT2D eigenvalue weighted by Gasteiger charge is -2.09. The Morgan fingerprint density at radius 2 is 2.50 bits per heavy atom. The predicted octanol–water partition coefficient (Wildman–Crippen LogP) is 2.60. The Hall–Kier alpha value is -1.33. The zero-order valence-corrected chi connectivity index (χ0v) is 10.1. The van der Waals surface area contributed by atoms with Gasteiger partial charge in [-0.15, -0.1) is 0 Å². The molecule has 0 fully saturated rings. The van der Waals surface area contributed by atoms with Crippen LogP contribution in [0.5, 0.6) is 5.88 Å². The van der Waals surface area contributed by atoms with Crippen molar-refractivity contribution in [1.82, 2.24) is 9.69 Å². The van der Waals surface area contributed by atoms with Gasteiger partial charge in [0.25, 0.3) is 0 Å². The van der Waals surface area contributed by atoms with Crippen LogP contribution in [0, 0.1) is 0 Å². The van der Waals surface area contributed by atoms with Gasteiger partial charge in [0.15, 0.2) is 0 Å². The van der Waals surface area contributed by atoms with Crippen LogP contribution in [-0.2, 0) is 6.54 Å². The first kappa shape index (κ1) is 11.2. The summed E-state index contributed by atoms with van der Waals surface area (Å²) in [7, 11) is 1.62. The molecule has 0 amide bonds. The molecular formula is C11H14N2O2S. The molecule has 2 aromatic rings. The molecule has 0 aliphatic carbocycles. The molecule has 0 aliphatic rings. The quantitative estimate of drug-likeness (QED) is 0.869. The SMILES string of the molecule is COc1cc(C(C)NCc2ccco2)sn1. The van der Waals surface area contributed by atoms with Crippen LogP contribution < -0.4 is 10.1 Å². The third-order valence-electron chi connectivity index (χ3n) is 2.31. The summed E-state index contributed by atoms with van der Waals surface area (Å²) in [5.41, 5.74) is 0. The number of aromatic nitrogens is 1. The molecule has 0 spiro atoms. The van der Waals surface area contributed by atoms with Gasteiger partial charge in [0.2, 0.25) is 5.88 Å². The third kappa shape index (κ3) is 2.62. The molecule has 0 aromatic carbocycles. The molecule has 5 heteroatoms. The highest BCUT2D eigenvalue weighted by molar-refractivity contribution is 7.06. The fraction of sp³-hybridized carbons (Fsp3) is 0.364. The molecular weight excluding hydrogens is 224 g/mol. The van der Waals surface area contributed by atoms with Crippen molar-refractivity contribution in [1.29, 1.82) is 0 Å². The highest BCUT2D eigenvalue weighted by atomic mass is 32.1. The molecule has 0 saturated heterocycles. The summed E-state index contributed by atoms with van der Waals surface area (Å²) in [6.45, 7) is 2.81. The van der Waals surface area contributed by atoms with Gasteiger partial charge in [-0.1, -0.05) is 0 Å². The van der Waals surface area contributed by atoms with Crippen molar-refractivity contribution in [3.05, 3.63) is 35.1 Å². The Labute approximate surface area is 98.4 Å². The second-order valence-corrected chi connectivity index (χ2v) is 4.29. The summed E-state index contributed by atoms with van der Waals surface area (Å²) < 4.78 is 14.5. The monoisotopic (exact) mass is 238 g/mol. The van der Waals surface area contributed by atoms with E-state index < -0.39 is 0 Å². The molecule has 16 heavy (non-hydrogen) atoms. The maximum absolute atomic E-state index is 5.25. The maximum atomic E-state index is 5.25. The number of hydrogen-bond acceptors (Lipinski definition) is 5. The minimum Gasteiger partial charge on any atom is -0.480 e. The van der Waals surface area contributed by atoms with Crippen molar-refractivity contribution in [3.63, 3.8) is 0 Å². The molecule has 86 valence electrons. The standard InChI is InChI=1S/C11H14N2O2S/c1-8(10-6-11(14-2)13-16-10)12-7-9-4-3-5-15-9/h3-6,8,12H,7H2,1-2H3. The van der Waals surface area contributed by atoms with E-state index in [1.807, 2.05) is 18.2 Å². The van der Waals surface area contributed by atoms with Gasteiger partial charge in [0.1, 0.15) is 5.76 Å². The first-order valence-corrected chi connectivity index (χ1v) is 5.83. The zero-order chi connectivity index (χ0) is 11.4. The van der Waals surface area contributed by atoms with Crippen LogP contribution in [0.1, 0.15) is 23.6 Å². The number of furan rings is 1. The topological polar surface area (TPSA) is 47.3 Å². The van der Waals surface area contributed by atoms with Crippen molar-refractivity contribution >= 4 is 11.5 Å². The highest BCUT2D eigenvalue weighted by Crippen LogP contribution is 2.22. The Balaban J connectivity index is 1.90. The lowest BCUT2D eigenvalue weighted by atomic mass is 10.2. The average Bonchev–Trinajstić information content (AvgIpc) is 2.96. The van der Waals surface area contributed by atoms with Gasteiger partial charge in [-0.05, 0) is 30.6 Å². The largest absolute Gasteiger partial charge is 0.480 e. The van der Waals surface area contributed by atoms with Gasteiger partial charge in [-0.25, -0.2) is 0 Å². The number of nitrogens with one attached hydrogen (secondary N) is 1. The van der Waals surface area contributed by atoms with Crippen LogP contribution in [0.4, 0.5) is 0 Å². The molecule has 1 N–H and O–H groups in total. The summed E-state index contributed by atoms with van der Waals surface area (Å²) in [6.07, 6.45) is 1.68.